The second kappa shape index (κ2) is 4.08. The van der Waals surface area contributed by atoms with Gasteiger partial charge in [0.1, 0.15) is 0 Å². The summed E-state index contributed by atoms with van der Waals surface area (Å²) in [5.74, 6) is 1.90. The Morgan fingerprint density at radius 3 is 2.53 bits per heavy atom. The van der Waals surface area contributed by atoms with Crippen molar-refractivity contribution in [2.45, 2.75) is 49.5 Å². The van der Waals surface area contributed by atoms with Crippen LogP contribution in [0.25, 0.3) is 0 Å². The Hall–Kier alpha value is -0.340. The van der Waals surface area contributed by atoms with Crippen molar-refractivity contribution >= 4 is 15.9 Å². The molecule has 4 fully saturated rings. The molecule has 4 saturated carbocycles. The van der Waals surface area contributed by atoms with Crippen LogP contribution in [0.4, 0.5) is 0 Å². The zero-order chi connectivity index (χ0) is 13.1. The summed E-state index contributed by atoms with van der Waals surface area (Å²) >= 11 is 3.66. The van der Waals surface area contributed by atoms with E-state index in [0.717, 1.165) is 11.8 Å². The summed E-state index contributed by atoms with van der Waals surface area (Å²) in [5, 5.41) is 3.71. The molecule has 0 radical (unpaired) electrons. The molecular formula is C17H22BrN. The van der Waals surface area contributed by atoms with Gasteiger partial charge in [-0.15, -0.1) is 0 Å². The molecule has 19 heavy (non-hydrogen) atoms. The molecule has 5 rings (SSSR count). The van der Waals surface area contributed by atoms with Crippen LogP contribution in [0, 0.1) is 11.8 Å². The molecule has 1 N–H and O–H groups in total. The van der Waals surface area contributed by atoms with Crippen LogP contribution in [0.3, 0.4) is 0 Å². The fraction of sp³-hybridized carbons (Fsp3) is 0.647. The molecule has 1 nitrogen and oxygen atoms in total. The summed E-state index contributed by atoms with van der Waals surface area (Å²) in [4.78, 5) is 0. The highest BCUT2D eigenvalue weighted by atomic mass is 79.9. The van der Waals surface area contributed by atoms with Crippen molar-refractivity contribution in [3.05, 3.63) is 34.3 Å². The van der Waals surface area contributed by atoms with Crippen molar-refractivity contribution in [2.75, 3.05) is 7.05 Å². The molecule has 0 heterocycles. The van der Waals surface area contributed by atoms with Crippen LogP contribution >= 0.6 is 15.9 Å². The lowest BCUT2D eigenvalue weighted by molar-refractivity contribution is -0.0374. The van der Waals surface area contributed by atoms with Crippen molar-refractivity contribution in [2.24, 2.45) is 11.8 Å². The van der Waals surface area contributed by atoms with E-state index in [4.69, 9.17) is 0 Å². The SMILES string of the molecule is CNC12CC3CC(C1)CC(c1cccc(Br)c1)(C3)C2. The quantitative estimate of drug-likeness (QED) is 0.858. The monoisotopic (exact) mass is 319 g/mol. The van der Waals surface area contributed by atoms with Gasteiger partial charge in [-0.05, 0) is 80.5 Å². The predicted octanol–water partition coefficient (Wildman–Crippen LogP) is 4.26. The van der Waals surface area contributed by atoms with E-state index >= 15 is 0 Å². The van der Waals surface area contributed by atoms with Crippen LogP contribution in [0.2, 0.25) is 0 Å². The second-order valence-electron chi connectivity index (χ2n) is 7.28. The predicted molar refractivity (Wildman–Crippen MR) is 82.3 cm³/mol. The van der Waals surface area contributed by atoms with Gasteiger partial charge in [-0.2, -0.15) is 0 Å². The van der Waals surface area contributed by atoms with Gasteiger partial charge in [0.25, 0.3) is 0 Å². The summed E-state index contributed by atoms with van der Waals surface area (Å²) in [5.41, 5.74) is 2.47. The Balaban J connectivity index is 1.78. The van der Waals surface area contributed by atoms with Crippen LogP contribution in [-0.4, -0.2) is 12.6 Å². The van der Waals surface area contributed by atoms with Gasteiger partial charge in [-0.1, -0.05) is 28.1 Å². The van der Waals surface area contributed by atoms with Gasteiger partial charge in [-0.25, -0.2) is 0 Å². The standard InChI is InChI=1S/C17H22BrN/c1-19-17-9-12-5-13(10-17)8-16(7-12,11-17)14-3-2-4-15(18)6-14/h2-4,6,12-13,19H,5,7-11H2,1H3. The summed E-state index contributed by atoms with van der Waals surface area (Å²) in [6.45, 7) is 0. The average molecular weight is 320 g/mol. The van der Waals surface area contributed by atoms with E-state index in [0.29, 0.717) is 11.0 Å². The lowest BCUT2D eigenvalue weighted by Crippen LogP contribution is -2.62. The number of nitrogens with one attached hydrogen (secondary N) is 1. The Bertz CT molecular complexity index is 496. The summed E-state index contributed by atoms with van der Waals surface area (Å²) in [6, 6.07) is 9.10. The third-order valence-electron chi connectivity index (χ3n) is 6.03. The Labute approximate surface area is 124 Å². The number of benzene rings is 1. The molecule has 2 heteroatoms. The highest BCUT2D eigenvalue weighted by Gasteiger charge is 2.57. The van der Waals surface area contributed by atoms with Gasteiger partial charge < -0.3 is 5.32 Å². The van der Waals surface area contributed by atoms with Gasteiger partial charge in [0, 0.05) is 10.0 Å². The molecule has 1 aromatic rings. The molecule has 0 saturated heterocycles. The first kappa shape index (κ1) is 12.4. The topological polar surface area (TPSA) is 12.0 Å². The van der Waals surface area contributed by atoms with E-state index < -0.39 is 0 Å². The Morgan fingerprint density at radius 2 is 1.89 bits per heavy atom. The van der Waals surface area contributed by atoms with Gasteiger partial charge in [-0.3, -0.25) is 0 Å². The number of hydrogen-bond donors (Lipinski definition) is 1. The van der Waals surface area contributed by atoms with Crippen LogP contribution in [-0.2, 0) is 5.41 Å². The van der Waals surface area contributed by atoms with Crippen LogP contribution in [0.1, 0.15) is 44.1 Å². The van der Waals surface area contributed by atoms with Crippen molar-refractivity contribution in [1.29, 1.82) is 0 Å². The third kappa shape index (κ3) is 1.83. The first-order valence-electron chi connectivity index (χ1n) is 7.58. The number of hydrogen-bond acceptors (Lipinski definition) is 1. The zero-order valence-electron chi connectivity index (χ0n) is 11.6. The molecule has 4 aliphatic rings. The van der Waals surface area contributed by atoms with Crippen LogP contribution < -0.4 is 5.32 Å². The first-order chi connectivity index (χ1) is 9.13. The largest absolute Gasteiger partial charge is 0.314 e. The minimum Gasteiger partial charge on any atom is -0.314 e. The van der Waals surface area contributed by atoms with E-state index in [2.05, 4.69) is 52.6 Å². The molecule has 0 aliphatic heterocycles. The lowest BCUT2D eigenvalue weighted by atomic mass is 9.45. The summed E-state index contributed by atoms with van der Waals surface area (Å²) in [7, 11) is 2.18. The van der Waals surface area contributed by atoms with E-state index in [1.54, 1.807) is 5.56 Å². The van der Waals surface area contributed by atoms with E-state index in [9.17, 15) is 0 Å². The van der Waals surface area contributed by atoms with Crippen LogP contribution in [0.15, 0.2) is 28.7 Å². The van der Waals surface area contributed by atoms with Gasteiger partial charge >= 0.3 is 0 Å². The molecule has 102 valence electrons. The van der Waals surface area contributed by atoms with E-state index in [1.807, 2.05) is 0 Å². The fourth-order valence-electron chi connectivity index (χ4n) is 5.71. The first-order valence-corrected chi connectivity index (χ1v) is 8.37. The van der Waals surface area contributed by atoms with Gasteiger partial charge in [0.2, 0.25) is 0 Å². The molecule has 0 amide bonds. The zero-order valence-corrected chi connectivity index (χ0v) is 13.2. The van der Waals surface area contributed by atoms with Crippen LogP contribution in [0.5, 0.6) is 0 Å². The number of rotatable bonds is 2. The minimum absolute atomic E-state index is 0.437. The smallest absolute Gasteiger partial charge is 0.0192 e. The summed E-state index contributed by atoms with van der Waals surface area (Å²) < 4.78 is 1.24. The molecule has 0 aromatic heterocycles. The summed E-state index contributed by atoms with van der Waals surface area (Å²) in [6.07, 6.45) is 8.50. The van der Waals surface area contributed by atoms with Crippen molar-refractivity contribution in [3.63, 3.8) is 0 Å². The molecule has 2 unspecified atom stereocenters. The van der Waals surface area contributed by atoms with Gasteiger partial charge in [0.05, 0.1) is 0 Å². The maximum atomic E-state index is 3.71. The maximum Gasteiger partial charge on any atom is 0.0192 e. The maximum absolute atomic E-state index is 3.71. The molecule has 1 aromatic carbocycles. The normalized spacial score (nSPS) is 43.7. The van der Waals surface area contributed by atoms with E-state index in [-0.39, 0.29) is 0 Å². The van der Waals surface area contributed by atoms with Crippen molar-refractivity contribution in [1.82, 2.24) is 5.32 Å². The second-order valence-corrected chi connectivity index (χ2v) is 8.20. The van der Waals surface area contributed by atoms with E-state index in [1.165, 1.54) is 43.0 Å². The third-order valence-corrected chi connectivity index (χ3v) is 6.52. The molecule has 4 aliphatic carbocycles. The van der Waals surface area contributed by atoms with Gasteiger partial charge in [0.15, 0.2) is 0 Å². The molecule has 0 spiro atoms. The molecule has 4 bridgehead atoms. The van der Waals surface area contributed by atoms with Crippen molar-refractivity contribution < 1.29 is 0 Å². The fourth-order valence-corrected chi connectivity index (χ4v) is 6.11. The Kier molecular flexibility index (Phi) is 2.66. The Morgan fingerprint density at radius 1 is 1.16 bits per heavy atom. The number of halogens is 1. The van der Waals surface area contributed by atoms with Crippen molar-refractivity contribution in [3.8, 4) is 0 Å². The highest BCUT2D eigenvalue weighted by Crippen LogP contribution is 2.62. The highest BCUT2D eigenvalue weighted by molar-refractivity contribution is 9.10. The molecular weight excluding hydrogens is 298 g/mol. The average Bonchev–Trinajstić information content (AvgIpc) is 2.37. The minimum atomic E-state index is 0.437. The molecule has 2 atom stereocenters. The lowest BCUT2D eigenvalue weighted by Gasteiger charge is -2.62.